The van der Waals surface area contributed by atoms with Gasteiger partial charge in [0.05, 0.1) is 0 Å². The Hall–Kier alpha value is -3.30. The first-order valence-corrected chi connectivity index (χ1v) is 10.8. The molecule has 0 fully saturated rings. The molecule has 5 aromatic rings. The first-order valence-electron chi connectivity index (χ1n) is 10.0. The molecule has 0 bridgehead atoms. The van der Waals surface area contributed by atoms with Crippen molar-refractivity contribution in [3.63, 3.8) is 0 Å². The Morgan fingerprint density at radius 1 is 0.621 bits per heavy atom. The summed E-state index contributed by atoms with van der Waals surface area (Å²) in [6.45, 7) is 0.309. The molecule has 7 rings (SSSR count). The summed E-state index contributed by atoms with van der Waals surface area (Å²) in [5.74, 6) is 0. The minimum absolute atomic E-state index is 0.309. The molecule has 0 atom stereocenters. The molecule has 29 heavy (non-hydrogen) atoms. The van der Waals surface area contributed by atoms with E-state index in [4.69, 9.17) is 0 Å². The van der Waals surface area contributed by atoms with Crippen LogP contribution in [0.3, 0.4) is 0 Å². The van der Waals surface area contributed by atoms with Gasteiger partial charge in [0.25, 0.3) is 0 Å². The molecule has 0 amide bonds. The topological polar surface area (TPSA) is 3.24 Å². The Kier molecular flexibility index (Phi) is 3.02. The van der Waals surface area contributed by atoms with Gasteiger partial charge in [0.1, 0.15) is 0 Å². The van der Waals surface area contributed by atoms with E-state index in [-0.39, 0.29) is 0 Å². The van der Waals surface area contributed by atoms with Gasteiger partial charge in [-0.2, -0.15) is 0 Å². The van der Waals surface area contributed by atoms with E-state index in [0.29, 0.717) is 6.71 Å². The van der Waals surface area contributed by atoms with Gasteiger partial charge in [0.2, 0.25) is 6.71 Å². The van der Waals surface area contributed by atoms with E-state index in [1.165, 1.54) is 54.0 Å². The molecular formula is C26H16BNS. The number of nitrogens with zero attached hydrogens (tertiary/aromatic N) is 1. The van der Waals surface area contributed by atoms with Crippen molar-refractivity contribution < 1.29 is 0 Å². The molecule has 2 aliphatic rings. The van der Waals surface area contributed by atoms with Crippen LogP contribution in [0.4, 0.5) is 17.1 Å². The first-order chi connectivity index (χ1) is 14.4. The zero-order valence-corrected chi connectivity index (χ0v) is 16.5. The van der Waals surface area contributed by atoms with Crippen LogP contribution in [-0.4, -0.2) is 6.71 Å². The third-order valence-electron chi connectivity index (χ3n) is 6.28. The Balaban J connectivity index is 1.62. The Morgan fingerprint density at radius 3 is 2.31 bits per heavy atom. The average Bonchev–Trinajstić information content (AvgIpc) is 3.31. The molecule has 0 unspecified atom stereocenters. The summed E-state index contributed by atoms with van der Waals surface area (Å²) in [4.78, 5) is 3.88. The lowest BCUT2D eigenvalue weighted by molar-refractivity contribution is 1.30. The molecule has 0 radical (unpaired) electrons. The molecule has 0 saturated carbocycles. The van der Waals surface area contributed by atoms with Gasteiger partial charge in [-0.15, -0.1) is 11.3 Å². The minimum Gasteiger partial charge on any atom is -0.312 e. The van der Waals surface area contributed by atoms with Gasteiger partial charge in [-0.25, -0.2) is 0 Å². The first kappa shape index (κ1) is 15.6. The third-order valence-corrected chi connectivity index (χ3v) is 7.50. The zero-order valence-electron chi connectivity index (χ0n) is 15.7. The van der Waals surface area contributed by atoms with Crippen LogP contribution >= 0.6 is 11.3 Å². The number of rotatable bonds is 1. The van der Waals surface area contributed by atoms with Gasteiger partial charge in [0, 0.05) is 26.6 Å². The van der Waals surface area contributed by atoms with E-state index in [1.807, 2.05) is 11.3 Å². The maximum atomic E-state index is 2.43. The summed E-state index contributed by atoms with van der Waals surface area (Å²) in [7, 11) is 0. The molecule has 0 aliphatic carbocycles. The molecule has 3 heteroatoms. The Bertz CT molecular complexity index is 1420. The quantitative estimate of drug-likeness (QED) is 0.352. The summed E-state index contributed by atoms with van der Waals surface area (Å²) < 4.78 is 1.39. The molecule has 1 nitrogen and oxygen atoms in total. The second-order valence-corrected chi connectivity index (χ2v) is 8.79. The zero-order chi connectivity index (χ0) is 18.9. The smallest absolute Gasteiger partial charge is 0.250 e. The third kappa shape index (κ3) is 1.96. The van der Waals surface area contributed by atoms with E-state index in [9.17, 15) is 0 Å². The van der Waals surface area contributed by atoms with Crippen molar-refractivity contribution >= 4 is 61.6 Å². The number of thiophene rings is 1. The molecule has 0 saturated heterocycles. The van der Waals surface area contributed by atoms with Crippen LogP contribution in [0, 0.1) is 0 Å². The van der Waals surface area contributed by atoms with E-state index in [0.717, 1.165) is 0 Å². The van der Waals surface area contributed by atoms with Crippen LogP contribution in [0.15, 0.2) is 97.1 Å². The van der Waals surface area contributed by atoms with Crippen LogP contribution in [-0.2, 0) is 0 Å². The van der Waals surface area contributed by atoms with E-state index >= 15 is 0 Å². The van der Waals surface area contributed by atoms with Crippen molar-refractivity contribution in [2.24, 2.45) is 0 Å². The number of hydrogen-bond acceptors (Lipinski definition) is 2. The number of hydrogen-bond donors (Lipinski definition) is 0. The normalized spacial score (nSPS) is 13.4. The van der Waals surface area contributed by atoms with Crippen molar-refractivity contribution in [1.29, 1.82) is 0 Å². The molecule has 1 aromatic heterocycles. The summed E-state index contributed by atoms with van der Waals surface area (Å²) >= 11 is 1.94. The summed E-state index contributed by atoms with van der Waals surface area (Å²) in [5.41, 5.74) is 9.57. The van der Waals surface area contributed by atoms with Crippen LogP contribution in [0.25, 0.3) is 20.5 Å². The molecule has 2 aliphatic heterocycles. The maximum absolute atomic E-state index is 2.43. The lowest BCUT2D eigenvalue weighted by atomic mass is 9.37. The Labute approximate surface area is 173 Å². The molecule has 134 valence electrons. The summed E-state index contributed by atoms with van der Waals surface area (Å²) in [6.07, 6.45) is 0. The average molecular weight is 385 g/mol. The van der Waals surface area contributed by atoms with Gasteiger partial charge >= 0.3 is 0 Å². The van der Waals surface area contributed by atoms with Gasteiger partial charge in [0.15, 0.2) is 0 Å². The standard InChI is InChI=1S/C26H16BNS/c1-2-9-17(10-3-1)28-21-14-6-5-13-20(21)27-24-19(12-8-15-22(24)28)26-25(27)18-11-4-7-16-23(18)29-26/h1-16H. The second kappa shape index (κ2) is 5.62. The van der Waals surface area contributed by atoms with Crippen LogP contribution in [0.5, 0.6) is 0 Å². The second-order valence-electron chi connectivity index (χ2n) is 7.74. The molecule has 0 N–H and O–H groups in total. The van der Waals surface area contributed by atoms with E-state index < -0.39 is 0 Å². The van der Waals surface area contributed by atoms with Crippen LogP contribution in [0.1, 0.15) is 0 Å². The molecule has 0 spiro atoms. The minimum atomic E-state index is 0.309. The van der Waals surface area contributed by atoms with Gasteiger partial charge < -0.3 is 4.90 Å². The fourth-order valence-corrected chi connectivity index (χ4v) is 6.46. The molecule has 3 heterocycles. The molecular weight excluding hydrogens is 369 g/mol. The predicted octanol–water partition coefficient (Wildman–Crippen LogP) is 5.18. The highest BCUT2D eigenvalue weighted by Crippen LogP contribution is 2.43. The lowest BCUT2D eigenvalue weighted by Crippen LogP contribution is -2.54. The fourth-order valence-electron chi connectivity index (χ4n) is 5.18. The highest BCUT2D eigenvalue weighted by molar-refractivity contribution is 7.27. The number of para-hydroxylation sites is 2. The van der Waals surface area contributed by atoms with Crippen molar-refractivity contribution in [1.82, 2.24) is 0 Å². The number of benzene rings is 4. The monoisotopic (exact) mass is 385 g/mol. The highest BCUT2D eigenvalue weighted by atomic mass is 32.1. The highest BCUT2D eigenvalue weighted by Gasteiger charge is 2.43. The van der Waals surface area contributed by atoms with Crippen molar-refractivity contribution in [2.75, 3.05) is 4.90 Å². The summed E-state index contributed by atoms with van der Waals surface area (Å²) in [6, 6.07) is 35.3. The van der Waals surface area contributed by atoms with Crippen molar-refractivity contribution in [3.05, 3.63) is 97.1 Å². The van der Waals surface area contributed by atoms with Crippen LogP contribution < -0.4 is 21.3 Å². The van der Waals surface area contributed by atoms with Crippen molar-refractivity contribution in [2.45, 2.75) is 0 Å². The summed E-state index contributed by atoms with van der Waals surface area (Å²) in [5, 5.41) is 1.41. The molecule has 4 aromatic carbocycles. The lowest BCUT2D eigenvalue weighted by Gasteiger charge is -2.35. The Morgan fingerprint density at radius 2 is 1.38 bits per heavy atom. The van der Waals surface area contributed by atoms with Gasteiger partial charge in [-0.05, 0) is 57.7 Å². The number of fused-ring (bicyclic) bond motifs is 7. The largest absolute Gasteiger partial charge is 0.312 e. The van der Waals surface area contributed by atoms with Gasteiger partial charge in [-0.3, -0.25) is 0 Å². The van der Waals surface area contributed by atoms with Gasteiger partial charge in [-0.1, -0.05) is 66.7 Å². The SMILES string of the molecule is c1ccc(N2c3ccccc3B3c4c(cccc42)-c2sc4ccccc4c23)cc1. The maximum Gasteiger partial charge on any atom is 0.250 e. The van der Waals surface area contributed by atoms with E-state index in [2.05, 4.69) is 102 Å². The number of anilines is 3. The van der Waals surface area contributed by atoms with Crippen LogP contribution in [0.2, 0.25) is 0 Å². The van der Waals surface area contributed by atoms with Crippen molar-refractivity contribution in [3.8, 4) is 10.4 Å². The van der Waals surface area contributed by atoms with E-state index in [1.54, 1.807) is 0 Å². The fraction of sp³-hybridized carbons (Fsp3) is 0. The predicted molar refractivity (Wildman–Crippen MR) is 127 cm³/mol.